The fraction of sp³-hybridized carbons (Fsp3) is 0.231. The highest BCUT2D eigenvalue weighted by molar-refractivity contribution is 7.44. The first kappa shape index (κ1) is 16.8. The van der Waals surface area contributed by atoms with Crippen molar-refractivity contribution < 1.29 is 29.1 Å². The van der Waals surface area contributed by atoms with Crippen molar-refractivity contribution >= 4 is 19.9 Å². The van der Waals surface area contributed by atoms with Crippen LogP contribution in [-0.2, 0) is 20.7 Å². The van der Waals surface area contributed by atoms with E-state index in [-0.39, 0.29) is 12.8 Å². The molecule has 8 heteroatoms. The van der Waals surface area contributed by atoms with Gasteiger partial charge in [-0.2, -0.15) is 0 Å². The minimum absolute atomic E-state index is 0.00444. The van der Waals surface area contributed by atoms with Crippen LogP contribution in [0.5, 0.6) is 0 Å². The van der Waals surface area contributed by atoms with E-state index in [0.717, 1.165) is 11.6 Å². The van der Waals surface area contributed by atoms with Crippen LogP contribution < -0.4 is 5.32 Å². The van der Waals surface area contributed by atoms with Crippen LogP contribution in [0, 0.1) is 0 Å². The molecule has 0 saturated heterocycles. The second-order valence-electron chi connectivity index (χ2n) is 3.92. The van der Waals surface area contributed by atoms with Gasteiger partial charge in [0, 0.05) is 0 Å². The van der Waals surface area contributed by atoms with E-state index in [4.69, 9.17) is 14.9 Å². The van der Waals surface area contributed by atoms with E-state index in [1.54, 1.807) is 24.3 Å². The SMILES string of the molecule is O=C(N/C(=C\C[P+](=O)CO)C(=O)O)OCc1ccccc1. The third kappa shape index (κ3) is 6.65. The lowest BCUT2D eigenvalue weighted by Crippen LogP contribution is -2.28. The number of aliphatic hydroxyl groups is 1. The van der Waals surface area contributed by atoms with Crippen LogP contribution in [0.4, 0.5) is 4.79 Å². The van der Waals surface area contributed by atoms with Crippen molar-refractivity contribution in [3.8, 4) is 0 Å². The first-order valence-corrected chi connectivity index (χ1v) is 7.60. The van der Waals surface area contributed by atoms with Gasteiger partial charge < -0.3 is 14.9 Å². The van der Waals surface area contributed by atoms with Crippen LogP contribution in [-0.4, -0.2) is 34.8 Å². The number of amides is 1. The summed E-state index contributed by atoms with van der Waals surface area (Å²) in [6.07, 6.45) is -0.545. The second-order valence-corrected chi connectivity index (χ2v) is 5.53. The monoisotopic (exact) mass is 312 g/mol. The largest absolute Gasteiger partial charge is 0.477 e. The highest BCUT2D eigenvalue weighted by Crippen LogP contribution is 2.18. The number of carbonyl (C=O) groups excluding carboxylic acids is 1. The summed E-state index contributed by atoms with van der Waals surface area (Å²) >= 11 is 0. The first-order valence-electron chi connectivity index (χ1n) is 5.97. The summed E-state index contributed by atoms with van der Waals surface area (Å²) in [6, 6.07) is 8.90. The summed E-state index contributed by atoms with van der Waals surface area (Å²) < 4.78 is 15.9. The number of carboxylic acids is 1. The Labute approximate surface area is 122 Å². The lowest BCUT2D eigenvalue weighted by molar-refractivity contribution is -0.133. The Morgan fingerprint density at radius 2 is 1.95 bits per heavy atom. The van der Waals surface area contributed by atoms with Crippen molar-refractivity contribution in [2.45, 2.75) is 6.61 Å². The molecule has 1 aromatic rings. The zero-order valence-electron chi connectivity index (χ0n) is 11.1. The molecule has 0 aromatic heterocycles. The Hall–Kier alpha value is -2.24. The quantitative estimate of drug-likeness (QED) is 0.521. The molecular formula is C13H15NO6P+. The molecule has 3 N–H and O–H groups in total. The molecule has 7 nitrogen and oxygen atoms in total. The van der Waals surface area contributed by atoms with E-state index in [9.17, 15) is 14.2 Å². The van der Waals surface area contributed by atoms with Crippen LogP contribution >= 0.6 is 7.80 Å². The van der Waals surface area contributed by atoms with Crippen LogP contribution in [0.15, 0.2) is 42.1 Å². The summed E-state index contributed by atoms with van der Waals surface area (Å²) in [5, 5.41) is 19.6. The number of aliphatic carboxylic acids is 1. The topological polar surface area (TPSA) is 113 Å². The highest BCUT2D eigenvalue weighted by Gasteiger charge is 2.16. The molecule has 21 heavy (non-hydrogen) atoms. The molecule has 0 bridgehead atoms. The van der Waals surface area contributed by atoms with E-state index in [1.807, 2.05) is 6.07 Å². The van der Waals surface area contributed by atoms with Crippen molar-refractivity contribution in [2.24, 2.45) is 0 Å². The minimum atomic E-state index is -1.93. The molecule has 0 saturated carbocycles. The zero-order valence-corrected chi connectivity index (χ0v) is 12.0. The molecular weight excluding hydrogens is 297 g/mol. The lowest BCUT2D eigenvalue weighted by Gasteiger charge is -2.07. The van der Waals surface area contributed by atoms with Crippen LogP contribution in [0.3, 0.4) is 0 Å². The van der Waals surface area contributed by atoms with Gasteiger partial charge in [0.1, 0.15) is 12.3 Å². The number of rotatable bonds is 7. The van der Waals surface area contributed by atoms with Gasteiger partial charge in [0.15, 0.2) is 6.16 Å². The van der Waals surface area contributed by atoms with Crippen LogP contribution in [0.1, 0.15) is 5.56 Å². The molecule has 0 fully saturated rings. The fourth-order valence-corrected chi connectivity index (χ4v) is 1.81. The molecule has 1 aromatic carbocycles. The Bertz CT molecular complexity index is 543. The molecule has 1 amide bonds. The van der Waals surface area contributed by atoms with Crippen molar-refractivity contribution in [2.75, 3.05) is 12.5 Å². The number of ether oxygens (including phenoxy) is 1. The Kier molecular flexibility index (Phi) is 7.08. The predicted molar refractivity (Wildman–Crippen MR) is 75.0 cm³/mol. The van der Waals surface area contributed by atoms with Crippen LogP contribution in [0.25, 0.3) is 0 Å². The number of carbonyl (C=O) groups is 2. The van der Waals surface area contributed by atoms with Crippen molar-refractivity contribution in [3.05, 3.63) is 47.7 Å². The fourth-order valence-electron chi connectivity index (χ4n) is 1.31. The minimum Gasteiger partial charge on any atom is -0.477 e. The van der Waals surface area contributed by atoms with Crippen LogP contribution in [0.2, 0.25) is 0 Å². The normalized spacial score (nSPS) is 11.7. The standard InChI is InChI=1S/C13H14NO6P/c15-9-21(19)7-6-11(12(16)17)14-13(18)20-8-10-4-2-1-3-5-10/h1-6,15H,7-9H2,(H-,14,16,17,18)/p+1/b11-6-. The third-order valence-electron chi connectivity index (χ3n) is 2.34. The van der Waals surface area contributed by atoms with Gasteiger partial charge >= 0.3 is 19.9 Å². The molecule has 0 aliphatic carbocycles. The maximum atomic E-state index is 11.5. The number of carboxylic acid groups (broad SMARTS) is 1. The van der Waals surface area contributed by atoms with Gasteiger partial charge in [-0.25, -0.2) is 9.59 Å². The molecule has 1 rings (SSSR count). The smallest absolute Gasteiger partial charge is 0.412 e. The molecule has 0 aliphatic heterocycles. The number of allylic oxidation sites excluding steroid dienone is 1. The van der Waals surface area contributed by atoms with Gasteiger partial charge in [-0.3, -0.25) is 5.32 Å². The van der Waals surface area contributed by atoms with E-state index in [1.165, 1.54) is 0 Å². The van der Waals surface area contributed by atoms with Crippen molar-refractivity contribution in [1.29, 1.82) is 0 Å². The van der Waals surface area contributed by atoms with Crippen molar-refractivity contribution in [1.82, 2.24) is 5.32 Å². The molecule has 112 valence electrons. The number of nitrogens with one attached hydrogen (secondary N) is 1. The lowest BCUT2D eigenvalue weighted by atomic mass is 10.2. The van der Waals surface area contributed by atoms with Gasteiger partial charge in [0.25, 0.3) is 0 Å². The molecule has 1 atom stereocenters. The molecule has 0 heterocycles. The van der Waals surface area contributed by atoms with E-state index < -0.39 is 31.9 Å². The number of hydrogen-bond donors (Lipinski definition) is 3. The summed E-state index contributed by atoms with van der Waals surface area (Å²) in [4.78, 5) is 22.4. The Balaban J connectivity index is 2.53. The van der Waals surface area contributed by atoms with Gasteiger partial charge in [-0.15, -0.1) is 0 Å². The summed E-state index contributed by atoms with van der Waals surface area (Å²) in [6.45, 7) is 0.00444. The Morgan fingerprint density at radius 3 is 2.52 bits per heavy atom. The summed E-state index contributed by atoms with van der Waals surface area (Å²) in [5.41, 5.74) is 0.321. The van der Waals surface area contributed by atoms with Gasteiger partial charge in [0.2, 0.25) is 6.35 Å². The second kappa shape index (κ2) is 8.84. The van der Waals surface area contributed by atoms with Crippen molar-refractivity contribution in [3.63, 3.8) is 0 Å². The van der Waals surface area contributed by atoms with E-state index in [0.29, 0.717) is 0 Å². The van der Waals surface area contributed by atoms with Gasteiger partial charge in [0.05, 0.1) is 0 Å². The van der Waals surface area contributed by atoms with Gasteiger partial charge in [-0.05, 0) is 11.6 Å². The number of alkyl carbamates (subject to hydrolysis) is 1. The predicted octanol–water partition coefficient (Wildman–Crippen LogP) is 1.66. The first-order chi connectivity index (χ1) is 10.0. The number of aliphatic hydroxyl groups excluding tert-OH is 1. The zero-order chi connectivity index (χ0) is 15.7. The third-order valence-corrected chi connectivity index (χ3v) is 3.24. The Morgan fingerprint density at radius 1 is 1.29 bits per heavy atom. The molecule has 1 unspecified atom stereocenters. The number of hydrogen-bond acceptors (Lipinski definition) is 5. The molecule has 0 spiro atoms. The summed E-state index contributed by atoms with van der Waals surface area (Å²) in [7, 11) is -1.93. The summed E-state index contributed by atoms with van der Waals surface area (Å²) in [5.74, 6) is -1.38. The van der Waals surface area contributed by atoms with Gasteiger partial charge in [-0.1, -0.05) is 34.9 Å². The average molecular weight is 312 g/mol. The maximum Gasteiger partial charge on any atom is 0.412 e. The molecule has 0 radical (unpaired) electrons. The number of benzene rings is 1. The van der Waals surface area contributed by atoms with E-state index >= 15 is 0 Å². The average Bonchev–Trinajstić information content (AvgIpc) is 2.49. The van der Waals surface area contributed by atoms with E-state index in [2.05, 4.69) is 5.32 Å². The molecule has 0 aliphatic rings. The maximum absolute atomic E-state index is 11.5. The highest BCUT2D eigenvalue weighted by atomic mass is 31.1.